The second-order valence-corrected chi connectivity index (χ2v) is 11.4. The van der Waals surface area contributed by atoms with Crippen LogP contribution in [0.2, 0.25) is 5.02 Å². The van der Waals surface area contributed by atoms with Gasteiger partial charge in [-0.1, -0.05) is 45.7 Å². The second-order valence-electron chi connectivity index (χ2n) is 10.1. The van der Waals surface area contributed by atoms with Crippen molar-refractivity contribution in [3.8, 4) is 11.8 Å². The standard InChI is InChI=1S/C32H29BrClN3O2/c1-18-14-19(2)24(15-21(18)17-39-23-12-10-22(33)11-13-23)30-25(16-35)32(36)37(27-7-4-6-26(34)20(27)3)28-8-5-9-29(38)31(28)30/h4,6-7,10-15,30H,5,8-9,17,36H2,1-3H3. The maximum Gasteiger partial charge on any atom is 0.161 e. The number of benzene rings is 3. The molecule has 39 heavy (non-hydrogen) atoms. The van der Waals surface area contributed by atoms with Gasteiger partial charge in [-0.3, -0.25) is 9.69 Å². The molecule has 3 aromatic rings. The molecule has 1 heterocycles. The first-order valence-corrected chi connectivity index (χ1v) is 14.1. The molecule has 0 amide bonds. The number of halogens is 2. The molecule has 0 bridgehead atoms. The van der Waals surface area contributed by atoms with Gasteiger partial charge in [0.15, 0.2) is 5.78 Å². The van der Waals surface area contributed by atoms with E-state index in [9.17, 15) is 10.1 Å². The van der Waals surface area contributed by atoms with Crippen molar-refractivity contribution in [3.05, 3.63) is 115 Å². The van der Waals surface area contributed by atoms with Gasteiger partial charge in [0.05, 0.1) is 23.2 Å². The number of ketones is 1. The van der Waals surface area contributed by atoms with Gasteiger partial charge < -0.3 is 10.5 Å². The lowest BCUT2D eigenvalue weighted by molar-refractivity contribution is -0.116. The predicted octanol–water partition coefficient (Wildman–Crippen LogP) is 7.91. The Hall–Kier alpha value is -3.53. The van der Waals surface area contributed by atoms with Crippen molar-refractivity contribution >= 4 is 39.0 Å². The van der Waals surface area contributed by atoms with E-state index in [4.69, 9.17) is 22.1 Å². The number of nitrogens with two attached hydrogens (primary N) is 1. The van der Waals surface area contributed by atoms with Gasteiger partial charge in [-0.15, -0.1) is 0 Å². The van der Waals surface area contributed by atoms with Crippen LogP contribution in [0.5, 0.6) is 5.75 Å². The fourth-order valence-corrected chi connectivity index (χ4v) is 6.02. The van der Waals surface area contributed by atoms with Gasteiger partial charge in [0.25, 0.3) is 0 Å². The molecule has 5 rings (SSSR count). The highest BCUT2D eigenvalue weighted by Gasteiger charge is 2.41. The summed E-state index contributed by atoms with van der Waals surface area (Å²) in [5.74, 6) is 0.618. The maximum absolute atomic E-state index is 13.6. The number of carbonyl (C=O) groups excluding carboxylic acids is 1. The van der Waals surface area contributed by atoms with Gasteiger partial charge in [-0.05, 0) is 97.8 Å². The molecule has 0 saturated carbocycles. The summed E-state index contributed by atoms with van der Waals surface area (Å²) >= 11 is 9.92. The zero-order chi connectivity index (χ0) is 27.8. The predicted molar refractivity (Wildman–Crippen MR) is 159 cm³/mol. The fourth-order valence-electron chi connectivity index (χ4n) is 5.59. The number of Topliss-reactive ketones (excluding diaryl/α,β-unsaturated/α-hetero) is 1. The van der Waals surface area contributed by atoms with Crippen LogP contribution >= 0.6 is 27.5 Å². The summed E-state index contributed by atoms with van der Waals surface area (Å²) in [4.78, 5) is 15.5. The summed E-state index contributed by atoms with van der Waals surface area (Å²) in [5, 5.41) is 11.1. The molecular weight excluding hydrogens is 574 g/mol. The lowest BCUT2D eigenvalue weighted by atomic mass is 9.74. The minimum atomic E-state index is -0.541. The van der Waals surface area contributed by atoms with E-state index in [-0.39, 0.29) is 5.78 Å². The molecule has 0 fully saturated rings. The van der Waals surface area contributed by atoms with Crippen molar-refractivity contribution in [1.29, 1.82) is 5.26 Å². The Balaban J connectivity index is 1.64. The Kier molecular flexibility index (Phi) is 7.57. The molecule has 1 unspecified atom stereocenters. The molecule has 1 aliphatic carbocycles. The Morgan fingerprint density at radius 3 is 2.56 bits per heavy atom. The van der Waals surface area contributed by atoms with E-state index in [0.717, 1.165) is 55.8 Å². The molecule has 3 aromatic carbocycles. The summed E-state index contributed by atoms with van der Waals surface area (Å²) in [6.07, 6.45) is 1.86. The molecule has 0 saturated heterocycles. The van der Waals surface area contributed by atoms with Gasteiger partial charge in [-0.2, -0.15) is 5.26 Å². The molecule has 2 aliphatic rings. The van der Waals surface area contributed by atoms with Crippen LogP contribution in [-0.4, -0.2) is 5.78 Å². The van der Waals surface area contributed by atoms with E-state index in [1.165, 1.54) is 0 Å². The molecule has 1 aliphatic heterocycles. The molecule has 2 N–H and O–H groups in total. The fraction of sp³-hybridized carbons (Fsp3) is 0.250. The average molecular weight is 603 g/mol. The quantitative estimate of drug-likeness (QED) is 0.321. The highest BCUT2D eigenvalue weighted by Crippen LogP contribution is 2.48. The monoisotopic (exact) mass is 601 g/mol. The third-order valence-electron chi connectivity index (χ3n) is 7.64. The largest absolute Gasteiger partial charge is 0.489 e. The number of nitrogens with zero attached hydrogens (tertiary/aromatic N) is 2. The normalized spacial score (nSPS) is 17.3. The van der Waals surface area contributed by atoms with Gasteiger partial charge in [0.2, 0.25) is 0 Å². The first-order valence-electron chi connectivity index (χ1n) is 12.9. The summed E-state index contributed by atoms with van der Waals surface area (Å²) in [7, 11) is 0. The molecular formula is C32H29BrClN3O2. The zero-order valence-electron chi connectivity index (χ0n) is 22.1. The number of rotatable bonds is 5. The topological polar surface area (TPSA) is 79.4 Å². The first kappa shape index (κ1) is 27.1. The van der Waals surface area contributed by atoms with Crippen molar-refractivity contribution in [2.45, 2.75) is 52.6 Å². The maximum atomic E-state index is 13.6. The van der Waals surface area contributed by atoms with Crippen molar-refractivity contribution in [2.24, 2.45) is 5.73 Å². The number of hydrogen-bond acceptors (Lipinski definition) is 5. The molecule has 198 valence electrons. The Labute approximate surface area is 242 Å². The number of aryl methyl sites for hydroxylation is 2. The Morgan fingerprint density at radius 2 is 1.85 bits per heavy atom. The average Bonchev–Trinajstić information content (AvgIpc) is 2.91. The number of anilines is 1. The van der Waals surface area contributed by atoms with Crippen LogP contribution in [0, 0.1) is 32.1 Å². The van der Waals surface area contributed by atoms with Crippen LogP contribution in [-0.2, 0) is 11.4 Å². The van der Waals surface area contributed by atoms with Crippen LogP contribution in [0.4, 0.5) is 5.69 Å². The van der Waals surface area contributed by atoms with Crippen molar-refractivity contribution in [2.75, 3.05) is 4.90 Å². The molecule has 5 nitrogen and oxygen atoms in total. The minimum absolute atomic E-state index is 0.0545. The van der Waals surface area contributed by atoms with E-state index in [0.29, 0.717) is 41.4 Å². The summed E-state index contributed by atoms with van der Waals surface area (Å²) in [6.45, 7) is 6.36. The second kappa shape index (κ2) is 10.9. The van der Waals surface area contributed by atoms with E-state index >= 15 is 0 Å². The minimum Gasteiger partial charge on any atom is -0.489 e. The van der Waals surface area contributed by atoms with Crippen LogP contribution in [0.25, 0.3) is 0 Å². The number of nitriles is 1. The number of ether oxygens (including phenoxy) is 1. The summed E-state index contributed by atoms with van der Waals surface area (Å²) < 4.78 is 7.07. The van der Waals surface area contributed by atoms with Crippen LogP contribution in [0.3, 0.4) is 0 Å². The third kappa shape index (κ3) is 4.97. The van der Waals surface area contributed by atoms with E-state index in [1.54, 1.807) is 0 Å². The summed E-state index contributed by atoms with van der Waals surface area (Å²) in [5.41, 5.74) is 14.3. The number of carbonyl (C=O) groups is 1. The first-order chi connectivity index (χ1) is 18.7. The molecule has 0 radical (unpaired) electrons. The summed E-state index contributed by atoms with van der Waals surface area (Å²) in [6, 6.07) is 19.9. The zero-order valence-corrected chi connectivity index (χ0v) is 24.5. The van der Waals surface area contributed by atoms with Crippen molar-refractivity contribution < 1.29 is 9.53 Å². The Morgan fingerprint density at radius 1 is 1.10 bits per heavy atom. The Bertz CT molecular complexity index is 1580. The van der Waals surface area contributed by atoms with Crippen LogP contribution in [0.15, 0.2) is 81.7 Å². The van der Waals surface area contributed by atoms with Crippen LogP contribution < -0.4 is 15.4 Å². The molecule has 7 heteroatoms. The van der Waals surface area contributed by atoms with E-state index in [2.05, 4.69) is 34.1 Å². The SMILES string of the molecule is Cc1cc(C)c(C2C(C#N)=C(N)N(c3cccc(Cl)c3C)C3=C2C(=O)CCC3)cc1COc1ccc(Br)cc1. The van der Waals surface area contributed by atoms with Crippen molar-refractivity contribution in [1.82, 2.24) is 0 Å². The van der Waals surface area contributed by atoms with E-state index < -0.39 is 5.92 Å². The molecule has 1 atom stereocenters. The van der Waals surface area contributed by atoms with Crippen molar-refractivity contribution in [3.63, 3.8) is 0 Å². The smallest absolute Gasteiger partial charge is 0.161 e. The highest BCUT2D eigenvalue weighted by molar-refractivity contribution is 9.10. The lowest BCUT2D eigenvalue weighted by Gasteiger charge is -2.40. The molecule has 0 spiro atoms. The van der Waals surface area contributed by atoms with Gasteiger partial charge >= 0.3 is 0 Å². The number of hydrogen-bond donors (Lipinski definition) is 1. The van der Waals surface area contributed by atoms with Gasteiger partial charge in [0.1, 0.15) is 18.2 Å². The van der Waals surface area contributed by atoms with Crippen LogP contribution in [0.1, 0.15) is 53.0 Å². The van der Waals surface area contributed by atoms with E-state index in [1.807, 2.05) is 68.1 Å². The van der Waals surface area contributed by atoms with Gasteiger partial charge in [0, 0.05) is 27.2 Å². The third-order valence-corrected chi connectivity index (χ3v) is 8.58. The number of allylic oxidation sites excluding steroid dienone is 3. The highest BCUT2D eigenvalue weighted by atomic mass is 79.9. The molecule has 0 aromatic heterocycles. The van der Waals surface area contributed by atoms with Gasteiger partial charge in [-0.25, -0.2) is 0 Å². The lowest BCUT2D eigenvalue weighted by Crippen LogP contribution is -2.39.